The van der Waals surface area contributed by atoms with Gasteiger partial charge in [0.25, 0.3) is 5.92 Å². The van der Waals surface area contributed by atoms with E-state index in [4.69, 9.17) is 5.11 Å². The fourth-order valence-electron chi connectivity index (χ4n) is 3.19. The van der Waals surface area contributed by atoms with Gasteiger partial charge in [-0.15, -0.1) is 0 Å². The molecular weight excluding hydrogens is 328 g/mol. The number of aliphatic carboxylic acids is 1. The average Bonchev–Trinajstić information content (AvgIpc) is 3.00. The zero-order valence-corrected chi connectivity index (χ0v) is 13.7. The van der Waals surface area contributed by atoms with E-state index in [0.717, 1.165) is 5.56 Å². The van der Waals surface area contributed by atoms with Crippen LogP contribution in [0.15, 0.2) is 36.5 Å². The molecule has 1 saturated carbocycles. The number of benzene rings is 1. The predicted molar refractivity (Wildman–Crippen MR) is 89.2 cm³/mol. The molecule has 1 aromatic heterocycles. The van der Waals surface area contributed by atoms with Crippen molar-refractivity contribution in [2.75, 3.05) is 0 Å². The Kier molecular flexibility index (Phi) is 5.13. The number of imidazole rings is 1. The number of hydrogen-bond donors (Lipinski definition) is 3. The van der Waals surface area contributed by atoms with Crippen molar-refractivity contribution in [2.24, 2.45) is 5.92 Å². The van der Waals surface area contributed by atoms with Crippen molar-refractivity contribution >= 4 is 5.97 Å². The highest BCUT2D eigenvalue weighted by atomic mass is 19.3. The molecule has 1 aromatic carbocycles. The van der Waals surface area contributed by atoms with Gasteiger partial charge in [-0.3, -0.25) is 4.79 Å². The van der Waals surface area contributed by atoms with Gasteiger partial charge in [0.05, 0.1) is 12.0 Å². The number of nitrogens with one attached hydrogen (secondary N) is 2. The first kappa shape index (κ1) is 17.5. The fourth-order valence-corrected chi connectivity index (χ4v) is 3.19. The molecule has 25 heavy (non-hydrogen) atoms. The summed E-state index contributed by atoms with van der Waals surface area (Å²) in [5.41, 5.74) is 1.64. The van der Waals surface area contributed by atoms with Crippen molar-refractivity contribution in [1.82, 2.24) is 15.3 Å². The molecular formula is C18H21F2N3O2. The number of carbonyl (C=O) groups is 1. The molecule has 2 aromatic rings. The Morgan fingerprint density at radius 3 is 2.76 bits per heavy atom. The Labute approximate surface area is 144 Å². The van der Waals surface area contributed by atoms with Crippen LogP contribution in [0.3, 0.4) is 0 Å². The first-order valence-corrected chi connectivity index (χ1v) is 8.39. The number of H-pyrrole nitrogens is 1. The Morgan fingerprint density at radius 1 is 1.28 bits per heavy atom. The van der Waals surface area contributed by atoms with Crippen LogP contribution in [0, 0.1) is 5.92 Å². The minimum absolute atomic E-state index is 0.0166. The third kappa shape index (κ3) is 4.22. The van der Waals surface area contributed by atoms with E-state index in [-0.39, 0.29) is 25.8 Å². The number of carboxylic acids is 1. The van der Waals surface area contributed by atoms with Crippen LogP contribution in [0.25, 0.3) is 11.4 Å². The van der Waals surface area contributed by atoms with Crippen LogP contribution in [0.5, 0.6) is 0 Å². The van der Waals surface area contributed by atoms with Crippen molar-refractivity contribution in [3.8, 4) is 11.4 Å². The monoisotopic (exact) mass is 349 g/mol. The summed E-state index contributed by atoms with van der Waals surface area (Å²) in [7, 11) is 0. The van der Waals surface area contributed by atoms with Crippen LogP contribution in [-0.2, 0) is 11.3 Å². The minimum Gasteiger partial charge on any atom is -0.481 e. The molecule has 1 fully saturated rings. The molecule has 0 saturated heterocycles. The number of carboxylic acid groups (broad SMARTS) is 1. The topological polar surface area (TPSA) is 78.0 Å². The smallest absolute Gasteiger partial charge is 0.306 e. The summed E-state index contributed by atoms with van der Waals surface area (Å²) < 4.78 is 28.5. The second-order valence-corrected chi connectivity index (χ2v) is 6.47. The largest absolute Gasteiger partial charge is 0.481 e. The normalized spacial score (nSPS) is 23.1. The van der Waals surface area contributed by atoms with Gasteiger partial charge in [0.15, 0.2) is 0 Å². The first-order chi connectivity index (χ1) is 12.0. The molecule has 7 heteroatoms. The Morgan fingerprint density at radius 2 is 2.04 bits per heavy atom. The molecule has 0 unspecified atom stereocenters. The average molecular weight is 349 g/mol. The molecule has 1 heterocycles. The zero-order chi connectivity index (χ0) is 17.9. The van der Waals surface area contributed by atoms with Crippen LogP contribution in [0.2, 0.25) is 0 Å². The summed E-state index contributed by atoms with van der Waals surface area (Å²) in [6, 6.07) is 8.53. The molecule has 2 atom stereocenters. The molecule has 0 aliphatic heterocycles. The molecule has 0 radical (unpaired) electrons. The Bertz CT molecular complexity index is 718. The lowest BCUT2D eigenvalue weighted by Gasteiger charge is -2.25. The Balaban J connectivity index is 1.62. The molecule has 3 N–H and O–H groups in total. The highest BCUT2D eigenvalue weighted by Gasteiger charge is 2.42. The lowest BCUT2D eigenvalue weighted by atomic mass is 10.0. The fraction of sp³-hybridized carbons (Fsp3) is 0.444. The van der Waals surface area contributed by atoms with E-state index in [1.165, 1.54) is 0 Å². The number of halogens is 2. The van der Waals surface area contributed by atoms with E-state index in [9.17, 15) is 13.6 Å². The summed E-state index contributed by atoms with van der Waals surface area (Å²) in [5, 5.41) is 11.9. The summed E-state index contributed by atoms with van der Waals surface area (Å²) in [4.78, 5) is 18.5. The van der Waals surface area contributed by atoms with Gasteiger partial charge in [-0.25, -0.2) is 13.8 Å². The number of aromatic amines is 1. The minimum atomic E-state index is -2.91. The van der Waals surface area contributed by atoms with Gasteiger partial charge in [-0.1, -0.05) is 30.3 Å². The third-order valence-corrected chi connectivity index (χ3v) is 4.70. The highest BCUT2D eigenvalue weighted by Crippen LogP contribution is 2.35. The molecule has 0 amide bonds. The Hall–Kier alpha value is -2.28. The van der Waals surface area contributed by atoms with Crippen LogP contribution in [-0.4, -0.2) is 33.0 Å². The second-order valence-electron chi connectivity index (χ2n) is 6.47. The second kappa shape index (κ2) is 7.31. The van der Waals surface area contributed by atoms with Crippen molar-refractivity contribution in [3.05, 3.63) is 42.2 Å². The first-order valence-electron chi connectivity index (χ1n) is 8.39. The molecule has 1 aliphatic rings. The number of aromatic nitrogens is 2. The van der Waals surface area contributed by atoms with Gasteiger partial charge in [-0.2, -0.15) is 0 Å². The van der Waals surface area contributed by atoms with Crippen molar-refractivity contribution in [2.45, 2.75) is 44.2 Å². The van der Waals surface area contributed by atoms with Crippen molar-refractivity contribution in [3.63, 3.8) is 0 Å². The number of hydrogen-bond acceptors (Lipinski definition) is 3. The third-order valence-electron chi connectivity index (χ3n) is 4.70. The van der Waals surface area contributed by atoms with Gasteiger partial charge in [-0.05, 0) is 19.3 Å². The lowest BCUT2D eigenvalue weighted by molar-refractivity contribution is -0.142. The SMILES string of the molecule is O=C(O)[C@@H]1CC[C@@H](NCc2cnc(-c3ccccc3)[nH]2)C(F)(F)CC1. The van der Waals surface area contributed by atoms with Crippen LogP contribution >= 0.6 is 0 Å². The summed E-state index contributed by atoms with van der Waals surface area (Å²) in [5.74, 6) is -3.89. The lowest BCUT2D eigenvalue weighted by Crippen LogP contribution is -2.43. The van der Waals surface area contributed by atoms with E-state index in [1.54, 1.807) is 6.20 Å². The van der Waals surface area contributed by atoms with Crippen LogP contribution in [0.4, 0.5) is 8.78 Å². The molecule has 0 bridgehead atoms. The zero-order valence-electron chi connectivity index (χ0n) is 13.7. The van der Waals surface area contributed by atoms with E-state index >= 15 is 0 Å². The maximum absolute atomic E-state index is 14.3. The van der Waals surface area contributed by atoms with E-state index in [1.807, 2.05) is 30.3 Å². The van der Waals surface area contributed by atoms with Crippen LogP contribution in [0.1, 0.15) is 31.4 Å². The molecule has 5 nitrogen and oxygen atoms in total. The van der Waals surface area contributed by atoms with Gasteiger partial charge in [0, 0.05) is 30.4 Å². The molecule has 3 rings (SSSR count). The number of rotatable bonds is 5. The summed E-state index contributed by atoms with van der Waals surface area (Å²) >= 11 is 0. The number of alkyl halides is 2. The standard InChI is InChI=1S/C18H21F2N3O2/c19-18(20)9-8-13(17(24)25)6-7-15(18)21-10-14-11-22-16(23-14)12-4-2-1-3-5-12/h1-5,11,13,15,21H,6-10H2,(H,22,23)(H,24,25)/t13-,15-/m1/s1. The summed E-state index contributed by atoms with van der Waals surface area (Å²) in [6.45, 7) is 0.234. The summed E-state index contributed by atoms with van der Waals surface area (Å²) in [6.07, 6.45) is 1.65. The van der Waals surface area contributed by atoms with E-state index < -0.39 is 30.3 Å². The van der Waals surface area contributed by atoms with Crippen LogP contribution < -0.4 is 5.32 Å². The predicted octanol–water partition coefficient (Wildman–Crippen LogP) is 3.45. The van der Waals surface area contributed by atoms with Gasteiger partial charge in [0.1, 0.15) is 5.82 Å². The molecule has 1 aliphatic carbocycles. The van der Waals surface area contributed by atoms with Gasteiger partial charge >= 0.3 is 5.97 Å². The molecule has 0 spiro atoms. The van der Waals surface area contributed by atoms with Gasteiger partial charge < -0.3 is 15.4 Å². The van der Waals surface area contributed by atoms with Crippen molar-refractivity contribution in [1.29, 1.82) is 0 Å². The number of nitrogens with zero attached hydrogens (tertiary/aromatic N) is 1. The van der Waals surface area contributed by atoms with E-state index in [2.05, 4.69) is 15.3 Å². The van der Waals surface area contributed by atoms with Gasteiger partial charge in [0.2, 0.25) is 0 Å². The van der Waals surface area contributed by atoms with E-state index in [0.29, 0.717) is 11.5 Å². The quantitative estimate of drug-likeness (QED) is 0.723. The van der Waals surface area contributed by atoms with Crippen molar-refractivity contribution < 1.29 is 18.7 Å². The maximum atomic E-state index is 14.3. The highest BCUT2D eigenvalue weighted by molar-refractivity contribution is 5.69. The molecule has 134 valence electrons. The maximum Gasteiger partial charge on any atom is 0.306 e.